The number of likely N-dealkylation sites (tertiary alicyclic amines) is 1. The summed E-state index contributed by atoms with van der Waals surface area (Å²) in [5.74, 6) is -0.0785. The topological polar surface area (TPSA) is 41.6 Å². The Labute approximate surface area is 105 Å². The summed E-state index contributed by atoms with van der Waals surface area (Å²) in [4.78, 5) is 14.1. The minimum Gasteiger partial charge on any atom is -0.466 e. The normalized spacial score (nSPS) is 30.2. The molecule has 1 aliphatic heterocycles. The molecule has 0 amide bonds. The molecule has 4 nitrogen and oxygen atoms in total. The molecule has 1 fully saturated rings. The Morgan fingerprint density at radius 1 is 1.53 bits per heavy atom. The van der Waals surface area contributed by atoms with Crippen molar-refractivity contribution in [3.8, 4) is 0 Å². The molecule has 0 radical (unpaired) electrons. The van der Waals surface area contributed by atoms with Crippen molar-refractivity contribution in [1.82, 2.24) is 10.2 Å². The second-order valence-corrected chi connectivity index (χ2v) is 5.08. The van der Waals surface area contributed by atoms with Crippen molar-refractivity contribution in [2.24, 2.45) is 0 Å². The van der Waals surface area contributed by atoms with Gasteiger partial charge in [0, 0.05) is 11.6 Å². The van der Waals surface area contributed by atoms with Crippen molar-refractivity contribution in [1.29, 1.82) is 0 Å². The predicted octanol–water partition coefficient (Wildman–Crippen LogP) is 1.40. The lowest BCUT2D eigenvalue weighted by Gasteiger charge is -2.44. The second kappa shape index (κ2) is 6.36. The van der Waals surface area contributed by atoms with Crippen molar-refractivity contribution in [3.63, 3.8) is 0 Å². The Morgan fingerprint density at radius 3 is 2.76 bits per heavy atom. The third-order valence-corrected chi connectivity index (χ3v) is 3.72. The van der Waals surface area contributed by atoms with Gasteiger partial charge >= 0.3 is 5.97 Å². The Kier molecular flexibility index (Phi) is 5.40. The van der Waals surface area contributed by atoms with Crippen molar-refractivity contribution in [3.05, 3.63) is 0 Å². The molecule has 0 saturated carbocycles. The minimum atomic E-state index is -0.0785. The van der Waals surface area contributed by atoms with Crippen LogP contribution in [0.4, 0.5) is 0 Å². The molecule has 0 aliphatic carbocycles. The molecular formula is C13H26N2O2. The van der Waals surface area contributed by atoms with Crippen molar-refractivity contribution in [2.75, 3.05) is 26.7 Å². The SMILES string of the molecule is CCNC1(CC(=O)OCC)CCN(C)C(C)C1. The van der Waals surface area contributed by atoms with Crippen LogP contribution < -0.4 is 5.32 Å². The van der Waals surface area contributed by atoms with E-state index in [0.717, 1.165) is 25.9 Å². The summed E-state index contributed by atoms with van der Waals surface area (Å²) in [5.41, 5.74) is -0.0626. The highest BCUT2D eigenvalue weighted by molar-refractivity contribution is 5.71. The van der Waals surface area contributed by atoms with Gasteiger partial charge in [-0.15, -0.1) is 0 Å². The first-order valence-electron chi connectivity index (χ1n) is 6.64. The van der Waals surface area contributed by atoms with Gasteiger partial charge in [-0.2, -0.15) is 0 Å². The van der Waals surface area contributed by atoms with Crippen LogP contribution in [-0.2, 0) is 9.53 Å². The summed E-state index contributed by atoms with van der Waals surface area (Å²) in [5, 5.41) is 3.51. The number of piperidine rings is 1. The average Bonchev–Trinajstić information content (AvgIpc) is 2.25. The Bertz CT molecular complexity index is 258. The quantitative estimate of drug-likeness (QED) is 0.740. The van der Waals surface area contributed by atoms with Crippen LogP contribution in [0.25, 0.3) is 0 Å². The number of hydrogen-bond acceptors (Lipinski definition) is 4. The number of hydrogen-bond donors (Lipinski definition) is 1. The Hall–Kier alpha value is -0.610. The molecule has 1 saturated heterocycles. The maximum Gasteiger partial charge on any atom is 0.307 e. The lowest BCUT2D eigenvalue weighted by molar-refractivity contribution is -0.145. The first kappa shape index (κ1) is 14.5. The highest BCUT2D eigenvalue weighted by atomic mass is 16.5. The fourth-order valence-corrected chi connectivity index (χ4v) is 2.68. The molecule has 17 heavy (non-hydrogen) atoms. The lowest BCUT2D eigenvalue weighted by atomic mass is 9.81. The van der Waals surface area contributed by atoms with Crippen molar-refractivity contribution < 1.29 is 9.53 Å². The van der Waals surface area contributed by atoms with Crippen LogP contribution in [-0.4, -0.2) is 49.2 Å². The molecule has 0 spiro atoms. The number of esters is 1. The van der Waals surface area contributed by atoms with E-state index in [0.29, 0.717) is 19.1 Å². The van der Waals surface area contributed by atoms with E-state index in [1.54, 1.807) is 0 Å². The molecule has 1 heterocycles. The first-order chi connectivity index (χ1) is 8.03. The third kappa shape index (κ3) is 3.96. The number of nitrogens with zero attached hydrogens (tertiary/aromatic N) is 1. The van der Waals surface area contributed by atoms with E-state index in [9.17, 15) is 4.79 Å². The number of nitrogens with one attached hydrogen (secondary N) is 1. The van der Waals surface area contributed by atoms with Crippen LogP contribution >= 0.6 is 0 Å². The lowest BCUT2D eigenvalue weighted by Crippen LogP contribution is -2.56. The van der Waals surface area contributed by atoms with Crippen LogP contribution in [0, 0.1) is 0 Å². The molecule has 0 bridgehead atoms. The van der Waals surface area contributed by atoms with E-state index in [2.05, 4.69) is 31.1 Å². The second-order valence-electron chi connectivity index (χ2n) is 5.08. The summed E-state index contributed by atoms with van der Waals surface area (Å²) in [6, 6.07) is 0.511. The van der Waals surface area contributed by atoms with Gasteiger partial charge in [0.25, 0.3) is 0 Å². The molecule has 0 aromatic carbocycles. The molecule has 0 aromatic heterocycles. The van der Waals surface area contributed by atoms with E-state index in [-0.39, 0.29) is 11.5 Å². The minimum absolute atomic E-state index is 0.0626. The number of ether oxygens (including phenoxy) is 1. The van der Waals surface area contributed by atoms with E-state index in [4.69, 9.17) is 4.74 Å². The Morgan fingerprint density at radius 2 is 2.24 bits per heavy atom. The molecule has 2 unspecified atom stereocenters. The number of carbonyl (C=O) groups is 1. The van der Waals surface area contributed by atoms with Gasteiger partial charge in [0.2, 0.25) is 0 Å². The molecular weight excluding hydrogens is 216 g/mol. The number of carbonyl (C=O) groups excluding carboxylic acids is 1. The zero-order valence-electron chi connectivity index (χ0n) is 11.6. The van der Waals surface area contributed by atoms with E-state index in [1.807, 2.05) is 6.92 Å². The molecule has 4 heteroatoms. The van der Waals surface area contributed by atoms with Gasteiger partial charge in [0.05, 0.1) is 13.0 Å². The standard InChI is InChI=1S/C13H26N2O2/c1-5-14-13(10-12(16)17-6-2)7-8-15(4)11(3)9-13/h11,14H,5-10H2,1-4H3. The molecule has 0 aromatic rings. The molecule has 1 aliphatic rings. The maximum atomic E-state index is 11.7. The van der Waals surface area contributed by atoms with Gasteiger partial charge in [0.15, 0.2) is 0 Å². The summed E-state index contributed by atoms with van der Waals surface area (Å²) in [6.45, 7) is 8.57. The van der Waals surface area contributed by atoms with E-state index < -0.39 is 0 Å². The van der Waals surface area contributed by atoms with Crippen LogP contribution in [0.5, 0.6) is 0 Å². The van der Waals surface area contributed by atoms with Crippen molar-refractivity contribution >= 4 is 5.97 Å². The molecule has 100 valence electrons. The van der Waals surface area contributed by atoms with Crippen LogP contribution in [0.15, 0.2) is 0 Å². The zero-order chi connectivity index (χ0) is 12.9. The van der Waals surface area contributed by atoms with Crippen LogP contribution in [0.2, 0.25) is 0 Å². The highest BCUT2D eigenvalue weighted by Crippen LogP contribution is 2.29. The number of rotatable bonds is 5. The maximum absolute atomic E-state index is 11.7. The van der Waals surface area contributed by atoms with Gasteiger partial charge in [-0.05, 0) is 46.8 Å². The fraction of sp³-hybridized carbons (Fsp3) is 0.923. The van der Waals surface area contributed by atoms with Gasteiger partial charge in [0.1, 0.15) is 0 Å². The first-order valence-corrected chi connectivity index (χ1v) is 6.64. The van der Waals surface area contributed by atoms with E-state index >= 15 is 0 Å². The highest BCUT2D eigenvalue weighted by Gasteiger charge is 2.38. The van der Waals surface area contributed by atoms with Crippen LogP contribution in [0.3, 0.4) is 0 Å². The Balaban J connectivity index is 2.65. The molecule has 1 N–H and O–H groups in total. The monoisotopic (exact) mass is 242 g/mol. The van der Waals surface area contributed by atoms with Gasteiger partial charge < -0.3 is 15.0 Å². The van der Waals surface area contributed by atoms with Crippen LogP contribution in [0.1, 0.15) is 40.0 Å². The third-order valence-electron chi connectivity index (χ3n) is 3.72. The van der Waals surface area contributed by atoms with Gasteiger partial charge in [-0.1, -0.05) is 6.92 Å². The van der Waals surface area contributed by atoms with Gasteiger partial charge in [-0.25, -0.2) is 0 Å². The summed E-state index contributed by atoms with van der Waals surface area (Å²) in [7, 11) is 2.14. The van der Waals surface area contributed by atoms with Crippen molar-refractivity contribution in [2.45, 2.75) is 51.6 Å². The fourth-order valence-electron chi connectivity index (χ4n) is 2.68. The molecule has 1 rings (SSSR count). The zero-order valence-corrected chi connectivity index (χ0v) is 11.6. The predicted molar refractivity (Wildman–Crippen MR) is 69.0 cm³/mol. The largest absolute Gasteiger partial charge is 0.466 e. The summed E-state index contributed by atoms with van der Waals surface area (Å²) < 4.78 is 5.09. The van der Waals surface area contributed by atoms with Gasteiger partial charge in [-0.3, -0.25) is 4.79 Å². The smallest absolute Gasteiger partial charge is 0.307 e. The molecule has 2 atom stereocenters. The summed E-state index contributed by atoms with van der Waals surface area (Å²) in [6.07, 6.45) is 2.52. The average molecular weight is 242 g/mol. The summed E-state index contributed by atoms with van der Waals surface area (Å²) >= 11 is 0. The van der Waals surface area contributed by atoms with E-state index in [1.165, 1.54) is 0 Å².